The molecule has 2 heterocycles. The zero-order valence-corrected chi connectivity index (χ0v) is 10.9. The molecule has 1 aliphatic heterocycles. The fraction of sp³-hybridized carbons (Fsp3) is 0.429. The number of carbonyl (C=O) groups excluding carboxylic acids is 1. The van der Waals surface area contributed by atoms with Crippen molar-refractivity contribution in [2.45, 2.75) is 18.9 Å². The maximum absolute atomic E-state index is 11.9. The van der Waals surface area contributed by atoms with E-state index in [2.05, 4.69) is 5.32 Å². The van der Waals surface area contributed by atoms with Crippen molar-refractivity contribution in [2.75, 3.05) is 13.2 Å². The fourth-order valence-electron chi connectivity index (χ4n) is 2.03. The Morgan fingerprint density at radius 2 is 2.58 bits per heavy atom. The van der Waals surface area contributed by atoms with Gasteiger partial charge in [-0.25, -0.2) is 0 Å². The lowest BCUT2D eigenvalue weighted by Crippen LogP contribution is -2.32. The second-order valence-corrected chi connectivity index (χ2v) is 4.56. The maximum atomic E-state index is 11.9. The van der Waals surface area contributed by atoms with Crippen molar-refractivity contribution in [2.24, 2.45) is 7.05 Å². The normalized spacial score (nSPS) is 19.2. The van der Waals surface area contributed by atoms with Crippen molar-refractivity contribution >= 4 is 12.0 Å². The van der Waals surface area contributed by atoms with E-state index in [-0.39, 0.29) is 17.6 Å². The number of carbonyl (C=O) groups is 1. The van der Waals surface area contributed by atoms with E-state index in [1.54, 1.807) is 6.08 Å². The number of aromatic nitrogens is 1. The zero-order valence-electron chi connectivity index (χ0n) is 10.9. The monoisotopic (exact) mass is 259 g/mol. The minimum Gasteiger partial charge on any atom is -0.376 e. The fourth-order valence-corrected chi connectivity index (χ4v) is 2.03. The molecule has 2 rings (SSSR count). The molecular formula is C14H17N3O2. The van der Waals surface area contributed by atoms with Crippen LogP contribution in [0.1, 0.15) is 18.5 Å². The SMILES string of the molecule is Cn1cccc1/C=C(\C#N)C(=O)NC[C@@H]1CCCO1. The topological polar surface area (TPSA) is 67.0 Å². The average molecular weight is 259 g/mol. The summed E-state index contributed by atoms with van der Waals surface area (Å²) in [5, 5.41) is 11.8. The molecule has 5 nitrogen and oxygen atoms in total. The van der Waals surface area contributed by atoms with Crippen LogP contribution in [0.5, 0.6) is 0 Å². The van der Waals surface area contributed by atoms with E-state index in [0.29, 0.717) is 6.54 Å². The quantitative estimate of drug-likeness (QED) is 0.653. The molecule has 0 aromatic carbocycles. The van der Waals surface area contributed by atoms with Gasteiger partial charge in [0.05, 0.1) is 6.10 Å². The summed E-state index contributed by atoms with van der Waals surface area (Å²) in [6.45, 7) is 1.22. The van der Waals surface area contributed by atoms with E-state index in [4.69, 9.17) is 10.00 Å². The Morgan fingerprint density at radius 1 is 1.74 bits per heavy atom. The molecule has 1 aliphatic rings. The molecule has 1 saturated heterocycles. The Bertz CT molecular complexity index is 519. The van der Waals surface area contributed by atoms with Crippen LogP contribution in [-0.4, -0.2) is 29.7 Å². The lowest BCUT2D eigenvalue weighted by atomic mass is 10.2. The number of nitrogens with one attached hydrogen (secondary N) is 1. The minimum atomic E-state index is -0.348. The third-order valence-corrected chi connectivity index (χ3v) is 3.16. The molecule has 1 aromatic rings. The first-order valence-corrected chi connectivity index (χ1v) is 6.33. The molecule has 0 saturated carbocycles. The molecule has 0 bridgehead atoms. The van der Waals surface area contributed by atoms with Gasteiger partial charge in [0.25, 0.3) is 5.91 Å². The number of rotatable bonds is 4. The molecule has 0 radical (unpaired) electrons. The average Bonchev–Trinajstić information content (AvgIpc) is 3.05. The highest BCUT2D eigenvalue weighted by Gasteiger charge is 2.17. The predicted octanol–water partition coefficient (Wildman–Crippen LogP) is 1.23. The zero-order chi connectivity index (χ0) is 13.7. The summed E-state index contributed by atoms with van der Waals surface area (Å²) in [7, 11) is 1.87. The van der Waals surface area contributed by atoms with Gasteiger partial charge in [0.1, 0.15) is 11.6 Å². The van der Waals surface area contributed by atoms with Crippen LogP contribution < -0.4 is 5.32 Å². The number of nitriles is 1. The molecular weight excluding hydrogens is 242 g/mol. The minimum absolute atomic E-state index is 0.0823. The highest BCUT2D eigenvalue weighted by atomic mass is 16.5. The van der Waals surface area contributed by atoms with E-state index >= 15 is 0 Å². The second kappa shape index (κ2) is 6.21. The van der Waals surface area contributed by atoms with Crippen molar-refractivity contribution in [1.82, 2.24) is 9.88 Å². The van der Waals surface area contributed by atoms with Gasteiger partial charge < -0.3 is 14.6 Å². The summed E-state index contributed by atoms with van der Waals surface area (Å²) in [5.41, 5.74) is 0.934. The summed E-state index contributed by atoms with van der Waals surface area (Å²) < 4.78 is 7.27. The molecule has 1 amide bonds. The van der Waals surface area contributed by atoms with Gasteiger partial charge >= 0.3 is 0 Å². The number of hydrogen-bond acceptors (Lipinski definition) is 3. The van der Waals surface area contributed by atoms with Crippen LogP contribution in [0, 0.1) is 11.3 Å². The van der Waals surface area contributed by atoms with Gasteiger partial charge in [-0.1, -0.05) is 0 Å². The van der Waals surface area contributed by atoms with Crippen LogP contribution in [0.15, 0.2) is 23.9 Å². The molecule has 19 heavy (non-hydrogen) atoms. The molecule has 0 unspecified atom stereocenters. The van der Waals surface area contributed by atoms with Gasteiger partial charge in [-0.05, 0) is 31.1 Å². The van der Waals surface area contributed by atoms with E-state index in [1.165, 1.54) is 0 Å². The number of nitrogens with zero attached hydrogens (tertiary/aromatic N) is 2. The van der Waals surface area contributed by atoms with Crippen LogP contribution in [0.4, 0.5) is 0 Å². The summed E-state index contributed by atoms with van der Waals surface area (Å²) >= 11 is 0. The Hall–Kier alpha value is -2.06. The van der Waals surface area contributed by atoms with Gasteiger partial charge in [-0.3, -0.25) is 4.79 Å². The maximum Gasteiger partial charge on any atom is 0.262 e. The molecule has 1 fully saturated rings. The van der Waals surface area contributed by atoms with Gasteiger partial charge in [-0.15, -0.1) is 0 Å². The van der Waals surface area contributed by atoms with Crippen LogP contribution in [0.25, 0.3) is 6.08 Å². The summed E-state index contributed by atoms with van der Waals surface area (Å²) in [6.07, 6.45) is 5.53. The molecule has 1 N–H and O–H groups in total. The highest BCUT2D eigenvalue weighted by Crippen LogP contribution is 2.11. The van der Waals surface area contributed by atoms with Gasteiger partial charge in [0.15, 0.2) is 0 Å². The van der Waals surface area contributed by atoms with Gasteiger partial charge in [0, 0.05) is 32.1 Å². The molecule has 0 aliphatic carbocycles. The van der Waals surface area contributed by atoms with Crippen LogP contribution >= 0.6 is 0 Å². The van der Waals surface area contributed by atoms with Crippen molar-refractivity contribution in [3.63, 3.8) is 0 Å². The number of hydrogen-bond donors (Lipinski definition) is 1. The lowest BCUT2D eigenvalue weighted by Gasteiger charge is -2.10. The molecule has 0 spiro atoms. The summed E-state index contributed by atoms with van der Waals surface area (Å²) in [4.78, 5) is 11.9. The Kier molecular flexibility index (Phi) is 4.37. The van der Waals surface area contributed by atoms with Crippen molar-refractivity contribution in [1.29, 1.82) is 5.26 Å². The third kappa shape index (κ3) is 3.46. The van der Waals surface area contributed by atoms with E-state index in [9.17, 15) is 4.79 Å². The Morgan fingerprint density at radius 3 is 3.16 bits per heavy atom. The summed E-state index contributed by atoms with van der Waals surface area (Å²) in [5.74, 6) is -0.348. The smallest absolute Gasteiger partial charge is 0.262 e. The lowest BCUT2D eigenvalue weighted by molar-refractivity contribution is -0.117. The van der Waals surface area contributed by atoms with Crippen LogP contribution in [0.3, 0.4) is 0 Å². The molecule has 1 atom stereocenters. The predicted molar refractivity (Wildman–Crippen MR) is 71.0 cm³/mol. The van der Waals surface area contributed by atoms with Gasteiger partial charge in [0.2, 0.25) is 0 Å². The number of aryl methyl sites for hydroxylation is 1. The van der Waals surface area contributed by atoms with Crippen LogP contribution in [0.2, 0.25) is 0 Å². The van der Waals surface area contributed by atoms with Crippen molar-refractivity contribution in [3.8, 4) is 6.07 Å². The molecule has 100 valence electrons. The Labute approximate surface area is 112 Å². The Balaban J connectivity index is 1.97. The first-order chi connectivity index (χ1) is 9.20. The number of amides is 1. The van der Waals surface area contributed by atoms with Crippen molar-refractivity contribution in [3.05, 3.63) is 29.6 Å². The standard InChI is InChI=1S/C14H17N3O2/c1-17-6-2-4-12(17)8-11(9-15)14(18)16-10-13-5-3-7-19-13/h2,4,6,8,13H,3,5,7,10H2,1H3,(H,16,18)/b11-8+/t13-/m0/s1. The van der Waals surface area contributed by atoms with Crippen LogP contribution in [-0.2, 0) is 16.6 Å². The largest absolute Gasteiger partial charge is 0.376 e. The number of ether oxygens (including phenoxy) is 1. The second-order valence-electron chi connectivity index (χ2n) is 4.56. The first kappa shape index (κ1) is 13.4. The first-order valence-electron chi connectivity index (χ1n) is 6.33. The van der Waals surface area contributed by atoms with E-state index in [1.807, 2.05) is 36.0 Å². The molecule has 5 heteroatoms. The van der Waals surface area contributed by atoms with Gasteiger partial charge in [-0.2, -0.15) is 5.26 Å². The van der Waals surface area contributed by atoms with E-state index in [0.717, 1.165) is 25.1 Å². The molecule has 1 aromatic heterocycles. The van der Waals surface area contributed by atoms with Crippen molar-refractivity contribution < 1.29 is 9.53 Å². The van der Waals surface area contributed by atoms with E-state index < -0.39 is 0 Å². The highest BCUT2D eigenvalue weighted by molar-refractivity contribution is 6.01. The third-order valence-electron chi connectivity index (χ3n) is 3.16. The summed E-state index contributed by atoms with van der Waals surface area (Å²) in [6, 6.07) is 5.66.